The van der Waals surface area contributed by atoms with Gasteiger partial charge in [-0.1, -0.05) is 13.3 Å². The Balaban J connectivity index is 1.65. The Labute approximate surface area is 193 Å². The van der Waals surface area contributed by atoms with Crippen molar-refractivity contribution in [2.45, 2.75) is 46.8 Å². The largest absolute Gasteiger partial charge is 0.484 e. The van der Waals surface area contributed by atoms with Crippen molar-refractivity contribution in [2.24, 2.45) is 0 Å². The second-order valence-corrected chi connectivity index (χ2v) is 8.14. The average Bonchev–Trinajstić information content (AvgIpc) is 3.50. The van der Waals surface area contributed by atoms with Crippen molar-refractivity contribution in [3.8, 4) is 17.4 Å². The van der Waals surface area contributed by atoms with Crippen LogP contribution in [0.15, 0.2) is 44.0 Å². The summed E-state index contributed by atoms with van der Waals surface area (Å²) in [5.74, 6) is 1.67. The van der Waals surface area contributed by atoms with Crippen LogP contribution in [0.3, 0.4) is 0 Å². The minimum atomic E-state index is -0.325. The van der Waals surface area contributed by atoms with Gasteiger partial charge in [0.15, 0.2) is 5.76 Å². The van der Waals surface area contributed by atoms with Crippen LogP contribution in [0.1, 0.15) is 48.5 Å². The van der Waals surface area contributed by atoms with Gasteiger partial charge in [-0.2, -0.15) is 0 Å². The number of fused-ring (bicyclic) bond motifs is 1. The van der Waals surface area contributed by atoms with Crippen LogP contribution in [0.2, 0.25) is 0 Å². The molecule has 0 N–H and O–H groups in total. The minimum Gasteiger partial charge on any atom is -0.484 e. The highest BCUT2D eigenvalue weighted by Gasteiger charge is 2.23. The molecular weight excluding hydrogens is 478 g/mol. The van der Waals surface area contributed by atoms with Crippen LogP contribution < -0.4 is 4.74 Å². The Morgan fingerprint density at radius 3 is 2.81 bits per heavy atom. The van der Waals surface area contributed by atoms with E-state index in [-0.39, 0.29) is 12.6 Å². The van der Waals surface area contributed by atoms with Gasteiger partial charge < -0.3 is 22.9 Å². The Bertz CT molecular complexity index is 1230. The first-order valence-electron chi connectivity index (χ1n) is 10.5. The van der Waals surface area contributed by atoms with Crippen molar-refractivity contribution in [3.63, 3.8) is 0 Å². The average molecular weight is 502 g/mol. The number of hydrogen-bond donors (Lipinski definition) is 0. The summed E-state index contributed by atoms with van der Waals surface area (Å²) in [6.07, 6.45) is 3.32. The summed E-state index contributed by atoms with van der Waals surface area (Å²) >= 11 is 3.61. The van der Waals surface area contributed by atoms with Crippen LogP contribution in [-0.2, 0) is 17.9 Å². The molecule has 0 aliphatic heterocycles. The lowest BCUT2D eigenvalue weighted by atomic mass is 10.1. The second kappa shape index (κ2) is 9.60. The van der Waals surface area contributed by atoms with Crippen molar-refractivity contribution in [1.29, 1.82) is 0 Å². The van der Waals surface area contributed by atoms with E-state index in [0.29, 0.717) is 35.3 Å². The van der Waals surface area contributed by atoms with Gasteiger partial charge in [0.1, 0.15) is 18.1 Å². The SMILES string of the molecule is CCCCn1c(C)c(C(=O)OCC)c2cc(OCc3ccc(-c4nnco4)o3)c(Br)cc21. The lowest BCUT2D eigenvalue weighted by Gasteiger charge is -2.10. The Morgan fingerprint density at radius 1 is 1.25 bits per heavy atom. The summed E-state index contributed by atoms with van der Waals surface area (Å²) in [6, 6.07) is 7.41. The standard InChI is InChI=1S/C23H24BrN3O5/c1-4-6-9-27-14(3)21(23(28)29-5-2)16-10-20(17(24)11-18(16)27)30-12-15-7-8-19(32-15)22-26-25-13-31-22/h7-8,10-11,13H,4-6,9,12H2,1-3H3. The topological polar surface area (TPSA) is 92.5 Å². The van der Waals surface area contributed by atoms with Gasteiger partial charge in [0.2, 0.25) is 6.39 Å². The molecule has 9 heteroatoms. The zero-order valence-electron chi connectivity index (χ0n) is 18.2. The normalized spacial score (nSPS) is 11.2. The molecule has 168 valence electrons. The minimum absolute atomic E-state index is 0.197. The maximum Gasteiger partial charge on any atom is 0.340 e. The van der Waals surface area contributed by atoms with Gasteiger partial charge in [-0.15, -0.1) is 10.2 Å². The van der Waals surface area contributed by atoms with Crippen molar-refractivity contribution >= 4 is 32.8 Å². The number of hydrogen-bond acceptors (Lipinski definition) is 7. The molecule has 3 aromatic heterocycles. The number of halogens is 1. The van der Waals surface area contributed by atoms with Crippen molar-refractivity contribution in [1.82, 2.24) is 14.8 Å². The summed E-state index contributed by atoms with van der Waals surface area (Å²) in [5.41, 5.74) is 2.44. The lowest BCUT2D eigenvalue weighted by Crippen LogP contribution is -2.07. The summed E-state index contributed by atoms with van der Waals surface area (Å²) in [4.78, 5) is 12.7. The smallest absolute Gasteiger partial charge is 0.340 e. The monoisotopic (exact) mass is 501 g/mol. The fourth-order valence-electron chi connectivity index (χ4n) is 3.65. The molecule has 0 fully saturated rings. The van der Waals surface area contributed by atoms with E-state index >= 15 is 0 Å². The van der Waals surface area contributed by atoms with E-state index in [1.165, 1.54) is 6.39 Å². The molecule has 4 aromatic rings. The number of carbonyl (C=O) groups is 1. The highest BCUT2D eigenvalue weighted by atomic mass is 79.9. The van der Waals surface area contributed by atoms with E-state index in [2.05, 4.69) is 37.6 Å². The van der Waals surface area contributed by atoms with Gasteiger partial charge in [-0.3, -0.25) is 0 Å². The second-order valence-electron chi connectivity index (χ2n) is 7.28. The van der Waals surface area contributed by atoms with E-state index in [1.54, 1.807) is 19.1 Å². The highest BCUT2D eigenvalue weighted by molar-refractivity contribution is 9.10. The van der Waals surface area contributed by atoms with Crippen molar-refractivity contribution < 1.29 is 23.1 Å². The maximum atomic E-state index is 12.7. The summed E-state index contributed by atoms with van der Waals surface area (Å²) in [5, 5.41) is 8.29. The number of rotatable bonds is 9. The van der Waals surface area contributed by atoms with E-state index in [0.717, 1.165) is 40.5 Å². The zero-order chi connectivity index (χ0) is 22.7. The highest BCUT2D eigenvalue weighted by Crippen LogP contribution is 2.36. The lowest BCUT2D eigenvalue weighted by molar-refractivity contribution is 0.0527. The van der Waals surface area contributed by atoms with Crippen molar-refractivity contribution in [2.75, 3.05) is 6.61 Å². The Kier molecular flexibility index (Phi) is 6.64. The molecule has 0 saturated heterocycles. The molecule has 0 unspecified atom stereocenters. The quantitative estimate of drug-likeness (QED) is 0.263. The van der Waals surface area contributed by atoms with Gasteiger partial charge in [0.25, 0.3) is 5.89 Å². The summed E-state index contributed by atoms with van der Waals surface area (Å²) < 4.78 is 25.2. The Hall–Kier alpha value is -3.07. The molecule has 3 heterocycles. The molecule has 1 aromatic carbocycles. The molecule has 0 bridgehead atoms. The zero-order valence-corrected chi connectivity index (χ0v) is 19.8. The van der Waals surface area contributed by atoms with E-state index < -0.39 is 0 Å². The molecule has 4 rings (SSSR count). The molecular formula is C23H24BrN3O5. The third kappa shape index (κ3) is 4.29. The van der Waals surface area contributed by atoms with Crippen LogP contribution in [-0.4, -0.2) is 27.3 Å². The molecule has 32 heavy (non-hydrogen) atoms. The first-order chi connectivity index (χ1) is 15.5. The van der Waals surface area contributed by atoms with Gasteiger partial charge in [-0.25, -0.2) is 4.79 Å². The number of furan rings is 1. The van der Waals surface area contributed by atoms with Gasteiger partial charge >= 0.3 is 5.97 Å². The number of nitrogens with zero attached hydrogens (tertiary/aromatic N) is 3. The van der Waals surface area contributed by atoms with Crippen LogP contribution in [0.25, 0.3) is 22.6 Å². The number of unbranched alkanes of at least 4 members (excludes halogenated alkanes) is 1. The molecule has 0 saturated carbocycles. The molecule has 0 aliphatic carbocycles. The first-order valence-corrected chi connectivity index (χ1v) is 11.3. The number of ether oxygens (including phenoxy) is 2. The van der Waals surface area contributed by atoms with E-state index in [1.807, 2.05) is 19.1 Å². The molecule has 8 nitrogen and oxygen atoms in total. The molecule has 0 radical (unpaired) electrons. The number of esters is 1. The van der Waals surface area contributed by atoms with Crippen LogP contribution in [0.4, 0.5) is 0 Å². The number of aromatic nitrogens is 3. The van der Waals surface area contributed by atoms with Gasteiger partial charge in [0.05, 0.1) is 22.2 Å². The predicted octanol–water partition coefficient (Wildman–Crippen LogP) is 5.91. The van der Waals surface area contributed by atoms with Gasteiger partial charge in [-0.05, 0) is 60.5 Å². The number of carbonyl (C=O) groups excluding carboxylic acids is 1. The Morgan fingerprint density at radius 2 is 2.09 bits per heavy atom. The van der Waals surface area contributed by atoms with Crippen LogP contribution in [0.5, 0.6) is 5.75 Å². The maximum absolute atomic E-state index is 12.7. The predicted molar refractivity (Wildman–Crippen MR) is 122 cm³/mol. The fraction of sp³-hybridized carbons (Fsp3) is 0.348. The number of aryl methyl sites for hydroxylation is 1. The summed E-state index contributed by atoms with van der Waals surface area (Å²) in [6.45, 7) is 7.26. The van der Waals surface area contributed by atoms with Crippen LogP contribution >= 0.6 is 15.9 Å². The van der Waals surface area contributed by atoms with Gasteiger partial charge in [0, 0.05) is 17.6 Å². The molecule has 0 aliphatic rings. The van der Waals surface area contributed by atoms with Crippen molar-refractivity contribution in [3.05, 3.63) is 52.1 Å². The number of benzene rings is 1. The first kappa shape index (κ1) is 22.1. The molecule has 0 spiro atoms. The third-order valence-corrected chi connectivity index (χ3v) is 5.81. The molecule has 0 amide bonds. The third-order valence-electron chi connectivity index (χ3n) is 5.19. The van der Waals surface area contributed by atoms with E-state index in [9.17, 15) is 4.79 Å². The van der Waals surface area contributed by atoms with E-state index in [4.69, 9.17) is 18.3 Å². The van der Waals surface area contributed by atoms with Crippen LogP contribution in [0, 0.1) is 6.92 Å². The fourth-order valence-corrected chi connectivity index (χ4v) is 4.10. The summed E-state index contributed by atoms with van der Waals surface area (Å²) in [7, 11) is 0. The molecule has 0 atom stereocenters.